The zero-order chi connectivity index (χ0) is 30.3. The average Bonchev–Trinajstić information content (AvgIpc) is 2.93. The minimum Gasteiger partial charge on any atom is -0.478 e. The fraction of sp³-hybridized carbons (Fsp3) is 0.471. The van der Waals surface area contributed by atoms with Crippen molar-refractivity contribution in [3.05, 3.63) is 59.1 Å². The number of rotatable bonds is 6. The van der Waals surface area contributed by atoms with Crippen molar-refractivity contribution in [1.82, 2.24) is 9.80 Å². The number of aryl methyl sites for hydroxylation is 1. The van der Waals surface area contributed by atoms with Gasteiger partial charge in [0.25, 0.3) is 5.91 Å². The highest BCUT2D eigenvalue weighted by Gasteiger charge is 2.40. The molecule has 6 rings (SSSR count). The summed E-state index contributed by atoms with van der Waals surface area (Å²) in [6.07, 6.45) is -0.353. The molecule has 2 amide bonds. The number of benzene rings is 3. The van der Waals surface area contributed by atoms with Gasteiger partial charge in [0.1, 0.15) is 11.4 Å². The molecule has 0 N–H and O–H groups in total. The van der Waals surface area contributed by atoms with Crippen LogP contribution in [-0.2, 0) is 14.3 Å². The summed E-state index contributed by atoms with van der Waals surface area (Å²) in [6.45, 7) is 13.1. The number of halogens is 1. The summed E-state index contributed by atoms with van der Waals surface area (Å²) < 4.78 is 17.5. The Hall–Kier alpha value is -3.33. The zero-order valence-electron chi connectivity index (χ0n) is 25.4. The normalized spacial score (nSPS) is 19.7. The highest BCUT2D eigenvalue weighted by Crippen LogP contribution is 2.44. The van der Waals surface area contributed by atoms with Crippen molar-refractivity contribution in [3.8, 4) is 16.9 Å². The van der Waals surface area contributed by atoms with Crippen molar-refractivity contribution >= 4 is 40.1 Å². The van der Waals surface area contributed by atoms with Gasteiger partial charge in [-0.25, -0.2) is 4.79 Å². The number of morpholine rings is 1. The van der Waals surface area contributed by atoms with Crippen molar-refractivity contribution < 1.29 is 23.8 Å². The molecule has 0 saturated carbocycles. The van der Waals surface area contributed by atoms with Gasteiger partial charge in [0.2, 0.25) is 0 Å². The van der Waals surface area contributed by atoms with Gasteiger partial charge < -0.3 is 24.0 Å². The van der Waals surface area contributed by atoms with E-state index in [9.17, 15) is 9.59 Å². The van der Waals surface area contributed by atoms with Crippen molar-refractivity contribution in [2.45, 2.75) is 45.8 Å². The van der Waals surface area contributed by atoms with Gasteiger partial charge >= 0.3 is 6.09 Å². The molecule has 0 spiro atoms. The van der Waals surface area contributed by atoms with Gasteiger partial charge in [-0.15, -0.1) is 0 Å². The molecule has 0 radical (unpaired) electrons. The molecule has 3 heterocycles. The number of carbonyl (C=O) groups excluding carboxylic acids is 2. The monoisotopic (exact) mass is 605 g/mol. The van der Waals surface area contributed by atoms with Gasteiger partial charge in [-0.05, 0) is 61.7 Å². The number of hydrogen-bond donors (Lipinski definition) is 0. The van der Waals surface area contributed by atoms with Crippen LogP contribution < -0.4 is 9.64 Å². The molecular weight excluding hydrogens is 566 g/mol. The van der Waals surface area contributed by atoms with Crippen LogP contribution in [0.15, 0.2) is 48.5 Å². The van der Waals surface area contributed by atoms with E-state index >= 15 is 0 Å². The number of fused-ring (bicyclic) bond motifs is 2. The minimum atomic E-state index is -0.611. The van der Waals surface area contributed by atoms with Gasteiger partial charge in [0.15, 0.2) is 6.10 Å². The summed E-state index contributed by atoms with van der Waals surface area (Å²) in [5.74, 6) is 0.711. The second-order valence-corrected chi connectivity index (χ2v) is 13.3. The second kappa shape index (κ2) is 12.0. The van der Waals surface area contributed by atoms with Crippen LogP contribution in [0.4, 0.5) is 10.5 Å². The lowest BCUT2D eigenvalue weighted by Crippen LogP contribution is -2.57. The number of likely N-dealkylation sites (tertiary alicyclic amines) is 1. The van der Waals surface area contributed by atoms with Crippen molar-refractivity contribution in [3.63, 3.8) is 0 Å². The molecule has 43 heavy (non-hydrogen) atoms. The zero-order valence-corrected chi connectivity index (χ0v) is 26.2. The SMILES string of the molecule is Cc1cc(-c2cc3c(cc2Cl)N(CC2CN(C(=O)OC(C)(C)C)C2)C(=O)[C@H](CCN2CCOCC2)O3)c2ccccc2c1. The number of amides is 2. The average molecular weight is 606 g/mol. The van der Waals surface area contributed by atoms with E-state index < -0.39 is 11.7 Å². The molecule has 1 atom stereocenters. The highest BCUT2D eigenvalue weighted by molar-refractivity contribution is 6.34. The molecule has 0 bridgehead atoms. The Morgan fingerprint density at radius 1 is 1.05 bits per heavy atom. The Kier molecular flexibility index (Phi) is 8.28. The van der Waals surface area contributed by atoms with E-state index in [0.29, 0.717) is 55.7 Å². The van der Waals surface area contributed by atoms with Crippen LogP contribution in [0.3, 0.4) is 0 Å². The molecule has 3 aromatic carbocycles. The third kappa shape index (κ3) is 6.47. The number of carbonyl (C=O) groups is 2. The molecule has 228 valence electrons. The number of anilines is 1. The maximum atomic E-state index is 13.9. The predicted molar refractivity (Wildman–Crippen MR) is 169 cm³/mol. The first-order valence-electron chi connectivity index (χ1n) is 15.1. The second-order valence-electron chi connectivity index (χ2n) is 12.9. The van der Waals surface area contributed by atoms with E-state index in [2.05, 4.69) is 36.1 Å². The number of nitrogens with zero attached hydrogens (tertiary/aromatic N) is 3. The Morgan fingerprint density at radius 3 is 2.53 bits per heavy atom. The summed E-state index contributed by atoms with van der Waals surface area (Å²) >= 11 is 6.99. The minimum absolute atomic E-state index is 0.0682. The third-order valence-corrected chi connectivity index (χ3v) is 8.62. The summed E-state index contributed by atoms with van der Waals surface area (Å²) in [5.41, 5.74) is 3.18. The Morgan fingerprint density at radius 2 is 1.79 bits per heavy atom. The van der Waals surface area contributed by atoms with Crippen LogP contribution in [0, 0.1) is 12.8 Å². The Labute approximate surface area is 258 Å². The lowest BCUT2D eigenvalue weighted by atomic mass is 9.94. The van der Waals surface area contributed by atoms with E-state index in [0.717, 1.165) is 47.1 Å². The highest BCUT2D eigenvalue weighted by atomic mass is 35.5. The topological polar surface area (TPSA) is 71.6 Å². The van der Waals surface area contributed by atoms with E-state index in [1.54, 1.807) is 4.90 Å². The standard InChI is InChI=1S/C34H40ClN3O5/c1-22-15-24-7-5-6-8-25(24)26(16-22)27-17-31-29(18-28(27)35)38(21-23-19-37(20-23)33(40)43-34(2,3)4)32(39)30(42-31)9-10-36-11-13-41-14-12-36/h5-8,15-18,23,30H,9-14,19-21H2,1-4H3/t30-/m0/s1. The predicted octanol–water partition coefficient (Wildman–Crippen LogP) is 6.15. The number of ether oxygens (including phenoxy) is 3. The lowest BCUT2D eigenvalue weighted by molar-refractivity contribution is -0.127. The quantitative estimate of drug-likeness (QED) is 0.336. The molecule has 0 aliphatic carbocycles. The fourth-order valence-electron chi connectivity index (χ4n) is 6.15. The van der Waals surface area contributed by atoms with Gasteiger partial charge in [0, 0.05) is 57.2 Å². The maximum absolute atomic E-state index is 13.9. The molecular formula is C34H40ClN3O5. The van der Waals surface area contributed by atoms with Crippen molar-refractivity contribution in [2.24, 2.45) is 5.92 Å². The summed E-state index contributed by atoms with van der Waals surface area (Å²) in [4.78, 5) is 32.3. The maximum Gasteiger partial charge on any atom is 0.410 e. The molecule has 0 aromatic heterocycles. The molecule has 8 nitrogen and oxygen atoms in total. The van der Waals surface area contributed by atoms with Crippen LogP contribution >= 0.6 is 11.6 Å². The molecule has 3 aliphatic rings. The molecule has 2 saturated heterocycles. The molecule has 0 unspecified atom stereocenters. The van der Waals surface area contributed by atoms with E-state index in [-0.39, 0.29) is 17.9 Å². The Balaban J connectivity index is 1.29. The first-order valence-corrected chi connectivity index (χ1v) is 15.5. The summed E-state index contributed by atoms with van der Waals surface area (Å²) in [5, 5.41) is 2.82. The van der Waals surface area contributed by atoms with E-state index in [1.807, 2.05) is 49.9 Å². The van der Waals surface area contributed by atoms with Crippen LogP contribution in [0.5, 0.6) is 5.75 Å². The van der Waals surface area contributed by atoms with Crippen LogP contribution in [0.25, 0.3) is 21.9 Å². The van der Waals surface area contributed by atoms with Gasteiger partial charge in [-0.1, -0.05) is 48.0 Å². The first-order chi connectivity index (χ1) is 20.6. The third-order valence-electron chi connectivity index (χ3n) is 8.31. The van der Waals surface area contributed by atoms with E-state index in [4.69, 9.17) is 25.8 Å². The molecule has 3 aliphatic heterocycles. The van der Waals surface area contributed by atoms with Gasteiger partial charge in [-0.2, -0.15) is 0 Å². The first kappa shape index (κ1) is 29.7. The largest absolute Gasteiger partial charge is 0.478 e. The molecule has 3 aromatic rings. The number of hydrogen-bond acceptors (Lipinski definition) is 6. The molecule has 9 heteroatoms. The van der Waals surface area contributed by atoms with Crippen LogP contribution in [0.2, 0.25) is 5.02 Å². The smallest absolute Gasteiger partial charge is 0.410 e. The molecule has 2 fully saturated rings. The summed E-state index contributed by atoms with van der Waals surface area (Å²) in [6, 6.07) is 16.5. The van der Waals surface area contributed by atoms with Gasteiger partial charge in [-0.3, -0.25) is 9.69 Å². The Bertz CT molecular complexity index is 1520. The van der Waals surface area contributed by atoms with Crippen molar-refractivity contribution in [1.29, 1.82) is 0 Å². The fourth-order valence-corrected chi connectivity index (χ4v) is 6.41. The van der Waals surface area contributed by atoms with Crippen LogP contribution in [0.1, 0.15) is 32.8 Å². The van der Waals surface area contributed by atoms with Crippen LogP contribution in [-0.4, -0.2) is 86.0 Å². The summed E-state index contributed by atoms with van der Waals surface area (Å²) in [7, 11) is 0. The van der Waals surface area contributed by atoms with Gasteiger partial charge in [0.05, 0.1) is 23.9 Å². The van der Waals surface area contributed by atoms with E-state index in [1.165, 1.54) is 0 Å². The van der Waals surface area contributed by atoms with Crippen molar-refractivity contribution in [2.75, 3.05) is 57.4 Å². The lowest BCUT2D eigenvalue weighted by Gasteiger charge is -2.43.